The maximum atomic E-state index is 12.5. The lowest BCUT2D eigenvalue weighted by Gasteiger charge is -2.12. The van der Waals surface area contributed by atoms with Gasteiger partial charge in [0.25, 0.3) is 5.91 Å². The molecule has 27 heavy (non-hydrogen) atoms. The van der Waals surface area contributed by atoms with E-state index in [0.29, 0.717) is 29.6 Å². The predicted molar refractivity (Wildman–Crippen MR) is 103 cm³/mol. The van der Waals surface area contributed by atoms with E-state index in [2.05, 4.69) is 25.6 Å². The molecule has 0 spiro atoms. The molecule has 0 aliphatic carbocycles. The molecule has 0 aliphatic heterocycles. The van der Waals surface area contributed by atoms with Crippen LogP contribution in [0.1, 0.15) is 27.3 Å². The van der Waals surface area contributed by atoms with Gasteiger partial charge in [-0.3, -0.25) is 9.78 Å². The van der Waals surface area contributed by atoms with Crippen molar-refractivity contribution in [2.24, 2.45) is 0 Å². The Morgan fingerprint density at radius 3 is 2.59 bits per heavy atom. The molecular weight excluding hydrogens is 342 g/mol. The molecular formula is C20H21N5O2. The highest BCUT2D eigenvalue weighted by Crippen LogP contribution is 2.27. The standard InChI is InChI=1S/C20H21N5O2/c1-13-4-5-18(27-3)16(10-13)24-20-23-14(2)11-17(25-20)19(26)22-12-15-6-8-21-9-7-15/h4-11H,12H2,1-3H3,(H,22,26)(H,23,24,25). The Kier molecular flexibility index (Phi) is 5.61. The number of rotatable bonds is 6. The summed E-state index contributed by atoms with van der Waals surface area (Å²) < 4.78 is 5.37. The van der Waals surface area contributed by atoms with Gasteiger partial charge in [-0.05, 0) is 55.3 Å². The molecule has 0 radical (unpaired) electrons. The van der Waals surface area contributed by atoms with E-state index >= 15 is 0 Å². The van der Waals surface area contributed by atoms with Gasteiger partial charge in [0.05, 0.1) is 12.8 Å². The number of aromatic nitrogens is 3. The second-order valence-corrected chi connectivity index (χ2v) is 6.09. The van der Waals surface area contributed by atoms with Crippen LogP contribution in [0.15, 0.2) is 48.8 Å². The molecule has 2 heterocycles. The number of carbonyl (C=O) groups excluding carboxylic acids is 1. The van der Waals surface area contributed by atoms with Crippen LogP contribution >= 0.6 is 0 Å². The highest BCUT2D eigenvalue weighted by molar-refractivity contribution is 5.92. The summed E-state index contributed by atoms with van der Waals surface area (Å²) in [4.78, 5) is 25.2. The van der Waals surface area contributed by atoms with Crippen LogP contribution in [0.3, 0.4) is 0 Å². The third kappa shape index (κ3) is 4.78. The molecule has 0 bridgehead atoms. The van der Waals surface area contributed by atoms with Gasteiger partial charge in [-0.15, -0.1) is 0 Å². The van der Waals surface area contributed by atoms with Gasteiger partial charge in [-0.25, -0.2) is 9.97 Å². The number of hydrogen-bond acceptors (Lipinski definition) is 6. The lowest BCUT2D eigenvalue weighted by atomic mass is 10.2. The summed E-state index contributed by atoms with van der Waals surface area (Å²) in [5.41, 5.74) is 3.76. The molecule has 0 saturated heterocycles. The highest BCUT2D eigenvalue weighted by Gasteiger charge is 2.12. The van der Waals surface area contributed by atoms with E-state index in [9.17, 15) is 4.79 Å². The van der Waals surface area contributed by atoms with Crippen LogP contribution in [0.2, 0.25) is 0 Å². The summed E-state index contributed by atoms with van der Waals surface area (Å²) in [5, 5.41) is 5.99. The molecule has 7 heteroatoms. The number of anilines is 2. The average molecular weight is 363 g/mol. The number of pyridine rings is 1. The fourth-order valence-electron chi connectivity index (χ4n) is 2.55. The van der Waals surface area contributed by atoms with Crippen LogP contribution in [0.5, 0.6) is 5.75 Å². The maximum absolute atomic E-state index is 12.5. The number of hydrogen-bond donors (Lipinski definition) is 2. The van der Waals surface area contributed by atoms with Crippen LogP contribution < -0.4 is 15.4 Å². The number of ether oxygens (including phenoxy) is 1. The van der Waals surface area contributed by atoms with E-state index in [1.54, 1.807) is 25.6 Å². The van der Waals surface area contributed by atoms with Gasteiger partial charge in [0.2, 0.25) is 5.95 Å². The van der Waals surface area contributed by atoms with Gasteiger partial charge < -0.3 is 15.4 Å². The van der Waals surface area contributed by atoms with Gasteiger partial charge in [0.1, 0.15) is 11.4 Å². The van der Waals surface area contributed by atoms with Gasteiger partial charge in [-0.1, -0.05) is 6.07 Å². The predicted octanol–water partition coefficient (Wildman–Crippen LogP) is 3.17. The molecule has 0 saturated carbocycles. The third-order valence-electron chi connectivity index (χ3n) is 3.89. The molecule has 3 rings (SSSR count). The van der Waals surface area contributed by atoms with E-state index in [4.69, 9.17) is 4.74 Å². The van der Waals surface area contributed by atoms with Crippen molar-refractivity contribution in [2.45, 2.75) is 20.4 Å². The Balaban J connectivity index is 1.78. The summed E-state index contributed by atoms with van der Waals surface area (Å²) in [5.74, 6) is 0.749. The smallest absolute Gasteiger partial charge is 0.270 e. The molecule has 0 aliphatic rings. The lowest BCUT2D eigenvalue weighted by molar-refractivity contribution is 0.0945. The molecule has 2 aromatic heterocycles. The minimum atomic E-state index is -0.267. The summed E-state index contributed by atoms with van der Waals surface area (Å²) in [6.45, 7) is 4.21. The van der Waals surface area contributed by atoms with E-state index < -0.39 is 0 Å². The third-order valence-corrected chi connectivity index (χ3v) is 3.89. The number of nitrogens with zero attached hydrogens (tertiary/aromatic N) is 3. The molecule has 0 unspecified atom stereocenters. The Morgan fingerprint density at radius 2 is 1.85 bits per heavy atom. The first-order valence-electron chi connectivity index (χ1n) is 8.49. The average Bonchev–Trinajstić information content (AvgIpc) is 2.66. The summed E-state index contributed by atoms with van der Waals surface area (Å²) >= 11 is 0. The van der Waals surface area contributed by atoms with Gasteiger partial charge in [0.15, 0.2) is 0 Å². The second kappa shape index (κ2) is 8.27. The largest absolute Gasteiger partial charge is 0.495 e. The molecule has 0 fully saturated rings. The number of aryl methyl sites for hydroxylation is 2. The maximum Gasteiger partial charge on any atom is 0.270 e. The lowest BCUT2D eigenvalue weighted by Crippen LogP contribution is -2.24. The van der Waals surface area contributed by atoms with E-state index in [-0.39, 0.29) is 5.91 Å². The van der Waals surface area contributed by atoms with Crippen LogP contribution in [0.4, 0.5) is 11.6 Å². The van der Waals surface area contributed by atoms with Crippen molar-refractivity contribution in [3.05, 3.63) is 71.3 Å². The molecule has 2 N–H and O–H groups in total. The fourth-order valence-corrected chi connectivity index (χ4v) is 2.55. The topological polar surface area (TPSA) is 89.0 Å². The Labute approximate surface area is 157 Å². The van der Waals surface area contributed by atoms with Crippen molar-refractivity contribution in [3.63, 3.8) is 0 Å². The van der Waals surface area contributed by atoms with Crippen molar-refractivity contribution < 1.29 is 9.53 Å². The number of nitrogens with one attached hydrogen (secondary N) is 2. The minimum Gasteiger partial charge on any atom is -0.495 e. The summed E-state index contributed by atoms with van der Waals surface area (Å²) in [6.07, 6.45) is 3.38. The normalized spacial score (nSPS) is 10.3. The van der Waals surface area contributed by atoms with Crippen molar-refractivity contribution in [1.29, 1.82) is 0 Å². The monoisotopic (exact) mass is 363 g/mol. The molecule has 7 nitrogen and oxygen atoms in total. The number of methoxy groups -OCH3 is 1. The first-order chi connectivity index (χ1) is 13.0. The van der Waals surface area contributed by atoms with E-state index in [1.807, 2.05) is 44.2 Å². The van der Waals surface area contributed by atoms with Crippen LogP contribution in [0.25, 0.3) is 0 Å². The first kappa shape index (κ1) is 18.3. The molecule has 0 atom stereocenters. The quantitative estimate of drug-likeness (QED) is 0.699. The fraction of sp³-hybridized carbons (Fsp3) is 0.200. The van der Waals surface area contributed by atoms with Gasteiger partial charge in [0, 0.05) is 24.6 Å². The number of carbonyl (C=O) groups is 1. The molecule has 138 valence electrons. The highest BCUT2D eigenvalue weighted by atomic mass is 16.5. The summed E-state index contributed by atoms with van der Waals surface area (Å²) in [7, 11) is 1.60. The van der Waals surface area contributed by atoms with Crippen molar-refractivity contribution in [3.8, 4) is 5.75 Å². The van der Waals surface area contributed by atoms with Gasteiger partial charge >= 0.3 is 0 Å². The second-order valence-electron chi connectivity index (χ2n) is 6.09. The Bertz CT molecular complexity index is 944. The Morgan fingerprint density at radius 1 is 1.07 bits per heavy atom. The van der Waals surface area contributed by atoms with Crippen molar-refractivity contribution in [2.75, 3.05) is 12.4 Å². The molecule has 1 aromatic carbocycles. The zero-order valence-electron chi connectivity index (χ0n) is 15.5. The SMILES string of the molecule is COc1ccc(C)cc1Nc1nc(C)cc(C(=O)NCc2ccncc2)n1. The van der Waals surface area contributed by atoms with E-state index in [0.717, 1.165) is 16.8 Å². The van der Waals surface area contributed by atoms with Gasteiger partial charge in [-0.2, -0.15) is 0 Å². The zero-order chi connectivity index (χ0) is 19.2. The summed E-state index contributed by atoms with van der Waals surface area (Å²) in [6, 6.07) is 11.1. The minimum absolute atomic E-state index is 0.267. The van der Waals surface area contributed by atoms with Crippen LogP contribution in [-0.4, -0.2) is 28.0 Å². The molecule has 1 amide bonds. The number of amides is 1. The number of benzene rings is 1. The van der Waals surface area contributed by atoms with Crippen molar-refractivity contribution in [1.82, 2.24) is 20.3 Å². The zero-order valence-corrected chi connectivity index (χ0v) is 15.5. The molecule has 3 aromatic rings. The Hall–Kier alpha value is -3.48. The van der Waals surface area contributed by atoms with E-state index in [1.165, 1.54) is 0 Å². The van der Waals surface area contributed by atoms with Crippen LogP contribution in [0, 0.1) is 13.8 Å². The van der Waals surface area contributed by atoms with Crippen LogP contribution in [-0.2, 0) is 6.54 Å². The van der Waals surface area contributed by atoms with Crippen molar-refractivity contribution >= 4 is 17.5 Å². The first-order valence-corrected chi connectivity index (χ1v) is 8.49.